The van der Waals surface area contributed by atoms with Crippen molar-refractivity contribution in [3.05, 3.63) is 98.1 Å². The number of amides is 1. The lowest BCUT2D eigenvalue weighted by Crippen LogP contribution is -2.13. The van der Waals surface area contributed by atoms with Crippen LogP contribution in [0.3, 0.4) is 0 Å². The first kappa shape index (κ1) is 21.6. The predicted molar refractivity (Wildman–Crippen MR) is 128 cm³/mol. The van der Waals surface area contributed by atoms with Crippen LogP contribution in [-0.2, 0) is 11.4 Å². The molecule has 0 atom stereocenters. The second-order valence-corrected chi connectivity index (χ2v) is 8.12. The number of benzene rings is 3. The quantitative estimate of drug-likeness (QED) is 0.251. The van der Waals surface area contributed by atoms with Crippen molar-refractivity contribution in [2.75, 3.05) is 5.32 Å². The van der Waals surface area contributed by atoms with Crippen LogP contribution in [0, 0.1) is 28.7 Å². The van der Waals surface area contributed by atoms with Gasteiger partial charge in [0.25, 0.3) is 5.91 Å². The molecule has 0 unspecified atom stereocenters. The van der Waals surface area contributed by atoms with E-state index < -0.39 is 5.91 Å². The number of anilines is 1. The van der Waals surface area contributed by atoms with E-state index >= 15 is 0 Å². The monoisotopic (exact) mass is 508 g/mol. The predicted octanol–water partition coefficient (Wildman–Crippen LogP) is 6.03. The average Bonchev–Trinajstić information content (AvgIpc) is 2.72. The Bertz CT molecular complexity index is 1130. The third kappa shape index (κ3) is 5.94. The topological polar surface area (TPSA) is 62.1 Å². The standard InChI is InChI=1S/C25H21IN2O2/c1-17-6-8-19(9-7-17)16-30-24-11-10-20(14-23(24)26)13-21(15-27)25(29)28-22-5-3-4-18(2)12-22/h3-14H,16H2,1-2H3,(H,28,29)/b21-13-. The van der Waals surface area contributed by atoms with Gasteiger partial charge in [0.1, 0.15) is 24.0 Å². The number of ether oxygens (including phenoxy) is 1. The Hall–Kier alpha value is -3.11. The van der Waals surface area contributed by atoms with Gasteiger partial charge in [-0.15, -0.1) is 0 Å². The highest BCUT2D eigenvalue weighted by Crippen LogP contribution is 2.24. The van der Waals surface area contributed by atoms with Gasteiger partial charge < -0.3 is 10.1 Å². The number of aryl methyl sites for hydroxylation is 2. The van der Waals surface area contributed by atoms with E-state index in [9.17, 15) is 10.1 Å². The molecule has 0 fully saturated rings. The fourth-order valence-corrected chi connectivity index (χ4v) is 3.50. The van der Waals surface area contributed by atoms with Crippen LogP contribution < -0.4 is 10.1 Å². The number of hydrogen-bond acceptors (Lipinski definition) is 3. The van der Waals surface area contributed by atoms with Gasteiger partial charge in [0.05, 0.1) is 3.57 Å². The molecule has 0 aliphatic rings. The molecule has 1 amide bonds. The maximum absolute atomic E-state index is 12.5. The number of nitriles is 1. The van der Waals surface area contributed by atoms with Gasteiger partial charge in [0.15, 0.2) is 0 Å². The molecule has 0 aliphatic heterocycles. The molecule has 0 radical (unpaired) electrons. The second-order valence-electron chi connectivity index (χ2n) is 6.96. The summed E-state index contributed by atoms with van der Waals surface area (Å²) in [7, 11) is 0. The van der Waals surface area contributed by atoms with Crippen LogP contribution in [0.25, 0.3) is 6.08 Å². The van der Waals surface area contributed by atoms with Crippen molar-refractivity contribution in [2.24, 2.45) is 0 Å². The molecule has 0 aliphatic carbocycles. The molecule has 0 spiro atoms. The summed E-state index contributed by atoms with van der Waals surface area (Å²) in [6.45, 7) is 4.48. The maximum Gasteiger partial charge on any atom is 0.266 e. The summed E-state index contributed by atoms with van der Waals surface area (Å²) >= 11 is 2.19. The zero-order valence-electron chi connectivity index (χ0n) is 16.8. The summed E-state index contributed by atoms with van der Waals surface area (Å²) in [6, 6.07) is 23.2. The fraction of sp³-hybridized carbons (Fsp3) is 0.120. The minimum Gasteiger partial charge on any atom is -0.488 e. The molecule has 3 aromatic carbocycles. The van der Waals surface area contributed by atoms with Crippen molar-refractivity contribution >= 4 is 40.3 Å². The van der Waals surface area contributed by atoms with Gasteiger partial charge in [-0.1, -0.05) is 48.0 Å². The van der Waals surface area contributed by atoms with Gasteiger partial charge in [-0.3, -0.25) is 4.79 Å². The van der Waals surface area contributed by atoms with Crippen molar-refractivity contribution in [3.63, 3.8) is 0 Å². The Morgan fingerprint density at radius 2 is 1.83 bits per heavy atom. The summed E-state index contributed by atoms with van der Waals surface area (Å²) in [5, 5.41) is 12.2. The first-order valence-electron chi connectivity index (χ1n) is 9.42. The first-order valence-corrected chi connectivity index (χ1v) is 10.5. The highest BCUT2D eigenvalue weighted by molar-refractivity contribution is 14.1. The molecule has 30 heavy (non-hydrogen) atoms. The van der Waals surface area contributed by atoms with Crippen LogP contribution in [-0.4, -0.2) is 5.91 Å². The van der Waals surface area contributed by atoms with Gasteiger partial charge in [-0.25, -0.2) is 0 Å². The van der Waals surface area contributed by atoms with E-state index in [-0.39, 0.29) is 5.57 Å². The molecule has 5 heteroatoms. The molecule has 0 saturated carbocycles. The van der Waals surface area contributed by atoms with E-state index in [2.05, 4.69) is 47.0 Å². The number of rotatable bonds is 6. The number of carbonyl (C=O) groups is 1. The lowest BCUT2D eigenvalue weighted by Gasteiger charge is -2.10. The van der Waals surface area contributed by atoms with E-state index in [1.807, 2.05) is 61.5 Å². The SMILES string of the molecule is Cc1ccc(COc2ccc(/C=C(/C#N)C(=O)Nc3cccc(C)c3)cc2I)cc1. The molecule has 3 rings (SSSR count). The number of halogens is 1. The van der Waals surface area contributed by atoms with Crippen molar-refractivity contribution in [1.82, 2.24) is 0 Å². The third-order valence-electron chi connectivity index (χ3n) is 4.42. The third-order valence-corrected chi connectivity index (χ3v) is 5.27. The zero-order chi connectivity index (χ0) is 21.5. The van der Waals surface area contributed by atoms with Crippen molar-refractivity contribution in [3.8, 4) is 11.8 Å². The van der Waals surface area contributed by atoms with Gasteiger partial charge in [0, 0.05) is 5.69 Å². The van der Waals surface area contributed by atoms with Gasteiger partial charge in [-0.05, 0) is 83.5 Å². The van der Waals surface area contributed by atoms with Crippen LogP contribution in [0.1, 0.15) is 22.3 Å². The Morgan fingerprint density at radius 3 is 2.50 bits per heavy atom. The fourth-order valence-electron chi connectivity index (χ4n) is 2.81. The van der Waals surface area contributed by atoms with Gasteiger partial charge in [-0.2, -0.15) is 5.26 Å². The molecular formula is C25H21IN2O2. The van der Waals surface area contributed by atoms with Crippen LogP contribution in [0.5, 0.6) is 5.75 Å². The molecule has 0 saturated heterocycles. The Balaban J connectivity index is 1.70. The van der Waals surface area contributed by atoms with E-state index in [0.717, 1.165) is 26.0 Å². The summed E-state index contributed by atoms with van der Waals surface area (Å²) < 4.78 is 6.82. The normalized spacial score (nSPS) is 10.9. The van der Waals surface area contributed by atoms with Crippen molar-refractivity contribution < 1.29 is 9.53 Å². The van der Waals surface area contributed by atoms with E-state index in [4.69, 9.17) is 4.74 Å². The zero-order valence-corrected chi connectivity index (χ0v) is 18.9. The van der Waals surface area contributed by atoms with Crippen LogP contribution >= 0.6 is 22.6 Å². The lowest BCUT2D eigenvalue weighted by atomic mass is 10.1. The number of hydrogen-bond donors (Lipinski definition) is 1. The summed E-state index contributed by atoms with van der Waals surface area (Å²) in [5.74, 6) is 0.328. The van der Waals surface area contributed by atoms with E-state index in [1.54, 1.807) is 12.1 Å². The minimum atomic E-state index is -0.433. The van der Waals surface area contributed by atoms with E-state index in [1.165, 1.54) is 5.56 Å². The maximum atomic E-state index is 12.5. The molecule has 3 aromatic rings. The van der Waals surface area contributed by atoms with Crippen LogP contribution in [0.2, 0.25) is 0 Å². The molecule has 150 valence electrons. The highest BCUT2D eigenvalue weighted by atomic mass is 127. The average molecular weight is 508 g/mol. The minimum absolute atomic E-state index is 0.0422. The van der Waals surface area contributed by atoms with Crippen LogP contribution in [0.4, 0.5) is 5.69 Å². The smallest absolute Gasteiger partial charge is 0.266 e. The molecular weight excluding hydrogens is 487 g/mol. The Morgan fingerprint density at radius 1 is 1.07 bits per heavy atom. The largest absolute Gasteiger partial charge is 0.488 e. The Labute approximate surface area is 190 Å². The molecule has 4 nitrogen and oxygen atoms in total. The van der Waals surface area contributed by atoms with Gasteiger partial charge in [0.2, 0.25) is 0 Å². The highest BCUT2D eigenvalue weighted by Gasteiger charge is 2.11. The number of carbonyl (C=O) groups excluding carboxylic acids is 1. The molecule has 1 N–H and O–H groups in total. The first-order chi connectivity index (χ1) is 14.4. The van der Waals surface area contributed by atoms with Crippen molar-refractivity contribution in [2.45, 2.75) is 20.5 Å². The molecule has 0 heterocycles. The number of nitrogens with one attached hydrogen (secondary N) is 1. The van der Waals surface area contributed by atoms with Crippen LogP contribution in [0.15, 0.2) is 72.3 Å². The summed E-state index contributed by atoms with van der Waals surface area (Å²) in [4.78, 5) is 12.5. The number of nitrogens with zero attached hydrogens (tertiary/aromatic N) is 1. The van der Waals surface area contributed by atoms with Gasteiger partial charge >= 0.3 is 0 Å². The second kappa shape index (κ2) is 10.1. The summed E-state index contributed by atoms with van der Waals surface area (Å²) in [5.41, 5.74) is 4.81. The van der Waals surface area contributed by atoms with E-state index in [0.29, 0.717) is 12.3 Å². The van der Waals surface area contributed by atoms with Crippen molar-refractivity contribution in [1.29, 1.82) is 5.26 Å². The Kier molecular flexibility index (Phi) is 7.26. The molecule has 0 bridgehead atoms. The lowest BCUT2D eigenvalue weighted by molar-refractivity contribution is -0.112. The summed E-state index contributed by atoms with van der Waals surface area (Å²) in [6.07, 6.45) is 1.58. The molecule has 0 aromatic heterocycles.